The van der Waals surface area contributed by atoms with E-state index in [-0.39, 0.29) is 23.4 Å². The Morgan fingerprint density at radius 1 is 1.10 bits per heavy atom. The van der Waals surface area contributed by atoms with Crippen molar-refractivity contribution in [1.82, 2.24) is 4.90 Å². The van der Waals surface area contributed by atoms with Crippen LogP contribution in [0.2, 0.25) is 0 Å². The number of aliphatic hydroxyl groups is 1. The molecule has 1 saturated heterocycles. The zero-order chi connectivity index (χ0) is 20.5. The number of ketones is 1. The minimum atomic E-state index is -0.817. The van der Waals surface area contributed by atoms with Crippen molar-refractivity contribution in [3.63, 3.8) is 0 Å². The summed E-state index contributed by atoms with van der Waals surface area (Å²) in [5.41, 5.74) is 0.849. The Balaban J connectivity index is 1.87. The summed E-state index contributed by atoms with van der Waals surface area (Å²) in [6.07, 6.45) is 1.48. The van der Waals surface area contributed by atoms with E-state index in [1.165, 1.54) is 35.4 Å². The van der Waals surface area contributed by atoms with E-state index in [2.05, 4.69) is 15.9 Å². The molecule has 1 atom stereocenters. The molecule has 0 spiro atoms. The van der Waals surface area contributed by atoms with Crippen molar-refractivity contribution in [3.8, 4) is 0 Å². The number of halogens is 2. The van der Waals surface area contributed by atoms with Gasteiger partial charge in [0, 0.05) is 10.0 Å². The molecule has 0 aliphatic carbocycles. The predicted octanol–water partition coefficient (Wildman–Crippen LogP) is 4.80. The standard InChI is InChI=1S/C22H15BrFNO4/c23-15-4-1-3-14(11-15)19-18(20(26)13-6-8-16(24)9-7-13)21(27)22(28)25(19)12-17-5-2-10-29-17/h1-11,19,26H,12H2/t19-/m1/s1. The van der Waals surface area contributed by atoms with Gasteiger partial charge in [-0.3, -0.25) is 9.59 Å². The molecule has 1 fully saturated rings. The lowest BCUT2D eigenvalue weighted by Crippen LogP contribution is -2.29. The average Bonchev–Trinajstić information content (AvgIpc) is 3.30. The number of rotatable bonds is 4. The van der Waals surface area contributed by atoms with E-state index in [0.717, 1.165) is 4.47 Å². The van der Waals surface area contributed by atoms with Crippen molar-refractivity contribution >= 4 is 33.4 Å². The van der Waals surface area contributed by atoms with Gasteiger partial charge in [0.05, 0.1) is 24.4 Å². The maximum absolute atomic E-state index is 13.3. The van der Waals surface area contributed by atoms with E-state index in [0.29, 0.717) is 11.3 Å². The number of aliphatic hydroxyl groups excluding tert-OH is 1. The first kappa shape index (κ1) is 19.1. The molecule has 2 aromatic carbocycles. The number of Topliss-reactive ketones (excluding diaryl/α,β-unsaturated/α-hetero) is 1. The lowest BCUT2D eigenvalue weighted by molar-refractivity contribution is -0.140. The Hall–Kier alpha value is -3.19. The summed E-state index contributed by atoms with van der Waals surface area (Å²) in [6, 6.07) is 14.8. The van der Waals surface area contributed by atoms with Gasteiger partial charge in [0.1, 0.15) is 17.3 Å². The second-order valence-corrected chi connectivity index (χ2v) is 7.48. The molecule has 7 heteroatoms. The van der Waals surface area contributed by atoms with Gasteiger partial charge in [-0.2, -0.15) is 0 Å². The van der Waals surface area contributed by atoms with E-state index in [1.54, 1.807) is 30.3 Å². The highest BCUT2D eigenvalue weighted by molar-refractivity contribution is 9.10. The molecule has 146 valence electrons. The Kier molecular flexibility index (Phi) is 5.07. The van der Waals surface area contributed by atoms with Crippen LogP contribution >= 0.6 is 15.9 Å². The van der Waals surface area contributed by atoms with Gasteiger partial charge in [-0.1, -0.05) is 28.1 Å². The maximum atomic E-state index is 13.3. The number of hydrogen-bond donors (Lipinski definition) is 1. The fourth-order valence-electron chi connectivity index (χ4n) is 3.40. The van der Waals surface area contributed by atoms with Gasteiger partial charge in [0.25, 0.3) is 11.7 Å². The molecule has 5 nitrogen and oxygen atoms in total. The quantitative estimate of drug-likeness (QED) is 0.348. The van der Waals surface area contributed by atoms with Gasteiger partial charge in [-0.05, 0) is 54.1 Å². The third-order valence-corrected chi connectivity index (χ3v) is 5.22. The minimum Gasteiger partial charge on any atom is -0.507 e. The molecule has 1 N–H and O–H groups in total. The van der Waals surface area contributed by atoms with Gasteiger partial charge < -0.3 is 14.4 Å². The number of benzene rings is 2. The van der Waals surface area contributed by atoms with Crippen molar-refractivity contribution < 1.29 is 23.5 Å². The molecule has 1 aliphatic rings. The van der Waals surface area contributed by atoms with Crippen LogP contribution < -0.4 is 0 Å². The van der Waals surface area contributed by atoms with E-state index < -0.39 is 23.5 Å². The topological polar surface area (TPSA) is 70.8 Å². The van der Waals surface area contributed by atoms with Gasteiger partial charge in [0.15, 0.2) is 0 Å². The van der Waals surface area contributed by atoms with Crippen LogP contribution in [0.25, 0.3) is 5.76 Å². The van der Waals surface area contributed by atoms with Gasteiger partial charge in [-0.15, -0.1) is 0 Å². The molecule has 0 unspecified atom stereocenters. The Labute approximate surface area is 174 Å². The lowest BCUT2D eigenvalue weighted by Gasteiger charge is -2.24. The summed E-state index contributed by atoms with van der Waals surface area (Å²) in [5, 5.41) is 10.9. The molecule has 0 bridgehead atoms. The van der Waals surface area contributed by atoms with Crippen molar-refractivity contribution in [2.24, 2.45) is 0 Å². The second kappa shape index (κ2) is 7.67. The molecular formula is C22H15BrFNO4. The van der Waals surface area contributed by atoms with Crippen LogP contribution in [0.4, 0.5) is 4.39 Å². The fourth-order valence-corrected chi connectivity index (χ4v) is 3.82. The second-order valence-electron chi connectivity index (χ2n) is 6.57. The van der Waals surface area contributed by atoms with E-state index in [1.807, 2.05) is 6.07 Å². The van der Waals surface area contributed by atoms with Crippen LogP contribution in [-0.2, 0) is 16.1 Å². The Bertz CT molecular complexity index is 1110. The van der Waals surface area contributed by atoms with Crippen LogP contribution in [0.15, 0.2) is 81.4 Å². The largest absolute Gasteiger partial charge is 0.507 e. The Morgan fingerprint density at radius 2 is 1.86 bits per heavy atom. The van der Waals surface area contributed by atoms with Gasteiger partial charge in [-0.25, -0.2) is 4.39 Å². The van der Waals surface area contributed by atoms with E-state index in [9.17, 15) is 19.1 Å². The first-order valence-electron chi connectivity index (χ1n) is 8.78. The first-order chi connectivity index (χ1) is 14.0. The predicted molar refractivity (Wildman–Crippen MR) is 107 cm³/mol. The smallest absolute Gasteiger partial charge is 0.296 e. The first-order valence-corrected chi connectivity index (χ1v) is 9.57. The SMILES string of the molecule is O=C1C(=O)N(Cc2ccco2)[C@H](c2cccc(Br)c2)C1=C(O)c1ccc(F)cc1. The van der Waals surface area contributed by atoms with Crippen LogP contribution in [0, 0.1) is 5.82 Å². The van der Waals surface area contributed by atoms with Crippen molar-refractivity contribution in [1.29, 1.82) is 0 Å². The normalized spacial score (nSPS) is 18.4. The number of likely N-dealkylation sites (tertiary alicyclic amines) is 1. The average molecular weight is 456 g/mol. The lowest BCUT2D eigenvalue weighted by atomic mass is 9.95. The highest BCUT2D eigenvalue weighted by Gasteiger charge is 2.46. The highest BCUT2D eigenvalue weighted by atomic mass is 79.9. The number of carbonyl (C=O) groups is 2. The summed E-state index contributed by atoms with van der Waals surface area (Å²) in [7, 11) is 0. The molecule has 4 rings (SSSR count). The molecule has 1 aliphatic heterocycles. The van der Waals surface area contributed by atoms with Gasteiger partial charge >= 0.3 is 0 Å². The zero-order valence-electron chi connectivity index (χ0n) is 15.0. The molecule has 1 amide bonds. The van der Waals surface area contributed by atoms with Crippen LogP contribution in [-0.4, -0.2) is 21.7 Å². The summed E-state index contributed by atoms with van der Waals surface area (Å²) in [6.45, 7) is 0.0644. The molecule has 29 heavy (non-hydrogen) atoms. The van der Waals surface area contributed by atoms with Crippen LogP contribution in [0.1, 0.15) is 22.9 Å². The summed E-state index contributed by atoms with van der Waals surface area (Å²) >= 11 is 3.40. The maximum Gasteiger partial charge on any atom is 0.296 e. The summed E-state index contributed by atoms with van der Waals surface area (Å²) in [4.78, 5) is 27.0. The van der Waals surface area contributed by atoms with Crippen molar-refractivity contribution in [2.75, 3.05) is 0 Å². The number of carbonyl (C=O) groups excluding carboxylic acids is 2. The summed E-state index contributed by atoms with van der Waals surface area (Å²) < 4.78 is 19.4. The van der Waals surface area contributed by atoms with Crippen LogP contribution in [0.5, 0.6) is 0 Å². The summed E-state index contributed by atoms with van der Waals surface area (Å²) in [5.74, 6) is -1.86. The molecule has 0 radical (unpaired) electrons. The molecule has 2 heterocycles. The molecule has 1 aromatic heterocycles. The molecule has 0 saturated carbocycles. The molecular weight excluding hydrogens is 441 g/mol. The minimum absolute atomic E-state index is 0.0498. The number of nitrogens with zero attached hydrogens (tertiary/aromatic N) is 1. The third kappa shape index (κ3) is 3.61. The zero-order valence-corrected chi connectivity index (χ0v) is 16.6. The highest BCUT2D eigenvalue weighted by Crippen LogP contribution is 2.40. The van der Waals surface area contributed by atoms with Crippen molar-refractivity contribution in [3.05, 3.63) is 99.7 Å². The number of furan rings is 1. The molecule has 3 aromatic rings. The van der Waals surface area contributed by atoms with E-state index in [4.69, 9.17) is 4.42 Å². The Morgan fingerprint density at radius 3 is 2.52 bits per heavy atom. The fraction of sp³-hybridized carbons (Fsp3) is 0.0909. The monoisotopic (exact) mass is 455 g/mol. The van der Waals surface area contributed by atoms with Crippen molar-refractivity contribution in [2.45, 2.75) is 12.6 Å². The number of hydrogen-bond acceptors (Lipinski definition) is 4. The number of amides is 1. The third-order valence-electron chi connectivity index (χ3n) is 4.73. The van der Waals surface area contributed by atoms with Crippen LogP contribution in [0.3, 0.4) is 0 Å². The van der Waals surface area contributed by atoms with Gasteiger partial charge in [0.2, 0.25) is 0 Å². The van der Waals surface area contributed by atoms with E-state index >= 15 is 0 Å².